The lowest BCUT2D eigenvalue weighted by molar-refractivity contribution is -0.117. The molecule has 5 heteroatoms. The molecule has 4 nitrogen and oxygen atoms in total. The van der Waals surface area contributed by atoms with Crippen molar-refractivity contribution in [1.29, 1.82) is 0 Å². The first-order valence-corrected chi connectivity index (χ1v) is 9.17. The van der Waals surface area contributed by atoms with Gasteiger partial charge in [-0.1, -0.05) is 34.1 Å². The molecule has 1 heterocycles. The highest BCUT2D eigenvalue weighted by Crippen LogP contribution is 2.27. The second kappa shape index (κ2) is 6.67. The van der Waals surface area contributed by atoms with Gasteiger partial charge in [-0.15, -0.1) is 0 Å². The predicted molar refractivity (Wildman–Crippen MR) is 98.7 cm³/mol. The molecule has 1 aliphatic heterocycles. The molecule has 2 aromatic rings. The summed E-state index contributed by atoms with van der Waals surface area (Å²) < 4.78 is 1.06. The SMILES string of the molecule is O=C(Nc1ccc2c(c1)CCC2)C1CC(c2ccc(Br)cc2)NN1. The molecule has 1 amide bonds. The molecule has 0 radical (unpaired) electrons. The first-order chi connectivity index (χ1) is 11.7. The molecule has 0 aromatic heterocycles. The van der Waals surface area contributed by atoms with E-state index in [0.717, 1.165) is 29.4 Å². The topological polar surface area (TPSA) is 53.2 Å². The number of rotatable bonds is 3. The van der Waals surface area contributed by atoms with Crippen molar-refractivity contribution in [2.45, 2.75) is 37.8 Å². The maximum absolute atomic E-state index is 12.5. The summed E-state index contributed by atoms with van der Waals surface area (Å²) in [5.74, 6) is 0.0139. The Bertz CT molecular complexity index is 760. The van der Waals surface area contributed by atoms with Gasteiger partial charge >= 0.3 is 0 Å². The van der Waals surface area contributed by atoms with Crippen molar-refractivity contribution in [3.63, 3.8) is 0 Å². The molecule has 124 valence electrons. The van der Waals surface area contributed by atoms with Gasteiger partial charge in [-0.05, 0) is 66.6 Å². The number of nitrogens with one attached hydrogen (secondary N) is 3. The second-order valence-corrected chi connectivity index (χ2v) is 7.42. The fourth-order valence-corrected chi connectivity index (χ4v) is 3.79. The lowest BCUT2D eigenvalue weighted by Gasteiger charge is -2.12. The molecular weight excluding hydrogens is 366 g/mol. The van der Waals surface area contributed by atoms with Gasteiger partial charge in [0, 0.05) is 16.2 Å². The largest absolute Gasteiger partial charge is 0.325 e. The van der Waals surface area contributed by atoms with Gasteiger partial charge in [0.2, 0.25) is 5.91 Å². The van der Waals surface area contributed by atoms with Crippen molar-refractivity contribution in [1.82, 2.24) is 10.9 Å². The van der Waals surface area contributed by atoms with E-state index in [-0.39, 0.29) is 18.0 Å². The van der Waals surface area contributed by atoms with Crippen LogP contribution in [0.3, 0.4) is 0 Å². The summed E-state index contributed by atoms with van der Waals surface area (Å²) in [6, 6.07) is 14.4. The Morgan fingerprint density at radius 2 is 1.83 bits per heavy atom. The number of benzene rings is 2. The molecular formula is C19H20BrN3O. The number of anilines is 1. The Labute approximate surface area is 150 Å². The molecule has 1 saturated heterocycles. The molecule has 3 N–H and O–H groups in total. The van der Waals surface area contributed by atoms with Gasteiger partial charge in [0.05, 0.1) is 0 Å². The summed E-state index contributed by atoms with van der Waals surface area (Å²) in [6.07, 6.45) is 4.23. The molecule has 24 heavy (non-hydrogen) atoms. The quantitative estimate of drug-likeness (QED) is 0.757. The molecule has 2 atom stereocenters. The maximum Gasteiger partial charge on any atom is 0.242 e. The Kier molecular flexibility index (Phi) is 4.39. The van der Waals surface area contributed by atoms with Gasteiger partial charge in [0.1, 0.15) is 6.04 Å². The number of amides is 1. The molecule has 2 unspecified atom stereocenters. The molecule has 0 bridgehead atoms. The van der Waals surface area contributed by atoms with E-state index in [4.69, 9.17) is 0 Å². The van der Waals surface area contributed by atoms with Crippen LogP contribution in [0.15, 0.2) is 46.9 Å². The van der Waals surface area contributed by atoms with Crippen LogP contribution in [0.2, 0.25) is 0 Å². The average molecular weight is 386 g/mol. The fraction of sp³-hybridized carbons (Fsp3) is 0.316. The number of carbonyl (C=O) groups is 1. The number of fused-ring (bicyclic) bond motifs is 1. The summed E-state index contributed by atoms with van der Waals surface area (Å²) >= 11 is 3.45. The van der Waals surface area contributed by atoms with E-state index in [0.29, 0.717) is 0 Å². The third kappa shape index (κ3) is 3.24. The van der Waals surface area contributed by atoms with E-state index >= 15 is 0 Å². The van der Waals surface area contributed by atoms with Gasteiger partial charge in [-0.3, -0.25) is 4.79 Å². The number of hydrogen-bond acceptors (Lipinski definition) is 3. The Morgan fingerprint density at radius 3 is 2.67 bits per heavy atom. The van der Waals surface area contributed by atoms with E-state index in [2.05, 4.69) is 56.4 Å². The van der Waals surface area contributed by atoms with Crippen LogP contribution < -0.4 is 16.2 Å². The molecule has 0 saturated carbocycles. The highest BCUT2D eigenvalue weighted by atomic mass is 79.9. The molecule has 0 spiro atoms. The maximum atomic E-state index is 12.5. The fourth-order valence-electron chi connectivity index (χ4n) is 3.52. The molecule has 1 aliphatic carbocycles. The van der Waals surface area contributed by atoms with Crippen LogP contribution in [0.5, 0.6) is 0 Å². The monoisotopic (exact) mass is 385 g/mol. The average Bonchev–Trinajstić information content (AvgIpc) is 3.24. The van der Waals surface area contributed by atoms with E-state index < -0.39 is 0 Å². The van der Waals surface area contributed by atoms with Crippen molar-refractivity contribution >= 4 is 27.5 Å². The van der Waals surface area contributed by atoms with Crippen molar-refractivity contribution in [3.05, 3.63) is 63.6 Å². The van der Waals surface area contributed by atoms with E-state index in [9.17, 15) is 4.79 Å². The number of carbonyl (C=O) groups excluding carboxylic acids is 1. The smallest absolute Gasteiger partial charge is 0.242 e. The first-order valence-electron chi connectivity index (χ1n) is 8.38. The zero-order valence-electron chi connectivity index (χ0n) is 13.3. The lowest BCUT2D eigenvalue weighted by atomic mass is 10.0. The van der Waals surface area contributed by atoms with Crippen molar-refractivity contribution in [3.8, 4) is 0 Å². The van der Waals surface area contributed by atoms with Crippen molar-refractivity contribution < 1.29 is 4.79 Å². The van der Waals surface area contributed by atoms with Gasteiger partial charge in [0.15, 0.2) is 0 Å². The molecule has 2 aliphatic rings. The van der Waals surface area contributed by atoms with Crippen LogP contribution in [0.1, 0.15) is 35.6 Å². The predicted octanol–water partition coefficient (Wildman–Crippen LogP) is 3.48. The van der Waals surface area contributed by atoms with E-state index in [1.54, 1.807) is 0 Å². The van der Waals surface area contributed by atoms with Crippen molar-refractivity contribution in [2.75, 3.05) is 5.32 Å². The third-order valence-corrected chi connectivity index (χ3v) is 5.39. The summed E-state index contributed by atoms with van der Waals surface area (Å²) in [6.45, 7) is 0. The summed E-state index contributed by atoms with van der Waals surface area (Å²) in [5, 5.41) is 3.05. The lowest BCUT2D eigenvalue weighted by Crippen LogP contribution is -2.39. The van der Waals surface area contributed by atoms with Gasteiger partial charge in [-0.2, -0.15) is 0 Å². The standard InChI is InChI=1S/C19H20BrN3O/c20-15-7-4-13(5-8-15)17-11-18(23-22-17)19(24)21-16-9-6-12-2-1-3-14(12)10-16/h4-10,17-18,22-23H,1-3,11H2,(H,21,24). The Morgan fingerprint density at radius 1 is 1.04 bits per heavy atom. The van der Waals surface area contributed by atoms with Gasteiger partial charge in [0.25, 0.3) is 0 Å². The highest BCUT2D eigenvalue weighted by molar-refractivity contribution is 9.10. The minimum atomic E-state index is -0.230. The zero-order chi connectivity index (χ0) is 16.5. The number of halogens is 1. The van der Waals surface area contributed by atoms with Crippen molar-refractivity contribution in [2.24, 2.45) is 0 Å². The number of aryl methyl sites for hydroxylation is 2. The van der Waals surface area contributed by atoms with Crippen LogP contribution in [0.4, 0.5) is 5.69 Å². The van der Waals surface area contributed by atoms with Crippen LogP contribution in [0.25, 0.3) is 0 Å². The third-order valence-electron chi connectivity index (χ3n) is 4.86. The van der Waals surface area contributed by atoms with Crippen LogP contribution in [-0.4, -0.2) is 11.9 Å². The highest BCUT2D eigenvalue weighted by Gasteiger charge is 2.30. The molecule has 4 rings (SSSR count). The Hall–Kier alpha value is -1.69. The Balaban J connectivity index is 1.39. The second-order valence-electron chi connectivity index (χ2n) is 6.51. The van der Waals surface area contributed by atoms with E-state index in [1.807, 2.05) is 18.2 Å². The van der Waals surface area contributed by atoms with Gasteiger partial charge < -0.3 is 5.32 Å². The summed E-state index contributed by atoms with van der Waals surface area (Å²) in [4.78, 5) is 12.5. The normalized spacial score (nSPS) is 22.4. The van der Waals surface area contributed by atoms with Crippen LogP contribution in [0, 0.1) is 0 Å². The first kappa shape index (κ1) is 15.8. The number of hydrazine groups is 1. The van der Waals surface area contributed by atoms with Crippen LogP contribution in [-0.2, 0) is 17.6 Å². The minimum Gasteiger partial charge on any atom is -0.325 e. The van der Waals surface area contributed by atoms with Gasteiger partial charge in [-0.25, -0.2) is 10.9 Å². The number of hydrogen-bond donors (Lipinski definition) is 3. The van der Waals surface area contributed by atoms with E-state index in [1.165, 1.54) is 23.1 Å². The zero-order valence-corrected chi connectivity index (χ0v) is 14.9. The summed E-state index contributed by atoms with van der Waals surface area (Å²) in [5.41, 5.74) is 11.2. The molecule has 1 fully saturated rings. The molecule has 2 aromatic carbocycles. The van der Waals surface area contributed by atoms with Crippen LogP contribution >= 0.6 is 15.9 Å². The minimum absolute atomic E-state index is 0.0139. The summed E-state index contributed by atoms with van der Waals surface area (Å²) in [7, 11) is 0.